The molecular weight excluding hydrogens is 319 g/mol. The van der Waals surface area contributed by atoms with Gasteiger partial charge in [-0.1, -0.05) is 40.9 Å². The number of benzene rings is 2. The van der Waals surface area contributed by atoms with Gasteiger partial charge in [-0.2, -0.15) is 5.10 Å². The molecule has 0 aliphatic heterocycles. The molecule has 0 bridgehead atoms. The third-order valence-corrected chi connectivity index (χ3v) is 3.25. The van der Waals surface area contributed by atoms with Crippen molar-refractivity contribution in [3.8, 4) is 0 Å². The van der Waals surface area contributed by atoms with Crippen molar-refractivity contribution < 1.29 is 4.79 Å². The monoisotopic (exact) mass is 326 g/mol. The third-order valence-electron chi connectivity index (χ3n) is 2.44. The summed E-state index contributed by atoms with van der Waals surface area (Å²) in [5.41, 5.74) is 3.53. The highest BCUT2D eigenvalue weighted by molar-refractivity contribution is 6.36. The van der Waals surface area contributed by atoms with Crippen molar-refractivity contribution in [1.29, 1.82) is 0 Å². The van der Waals surface area contributed by atoms with Gasteiger partial charge in [-0.3, -0.25) is 4.79 Å². The lowest BCUT2D eigenvalue weighted by atomic mass is 10.2. The molecule has 1 N–H and O–H groups in total. The number of rotatable bonds is 3. The molecule has 0 fully saturated rings. The second kappa shape index (κ2) is 6.75. The van der Waals surface area contributed by atoms with E-state index < -0.39 is 0 Å². The van der Waals surface area contributed by atoms with E-state index in [9.17, 15) is 4.79 Å². The molecule has 20 heavy (non-hydrogen) atoms. The Morgan fingerprint density at radius 1 is 1.00 bits per heavy atom. The van der Waals surface area contributed by atoms with E-state index in [4.69, 9.17) is 34.8 Å². The Bertz CT molecular complexity index is 654. The van der Waals surface area contributed by atoms with Crippen LogP contribution >= 0.6 is 34.8 Å². The first-order chi connectivity index (χ1) is 9.56. The largest absolute Gasteiger partial charge is 0.271 e. The lowest BCUT2D eigenvalue weighted by molar-refractivity contribution is 0.0955. The molecule has 0 aliphatic carbocycles. The maximum Gasteiger partial charge on any atom is 0.271 e. The number of nitrogens with one attached hydrogen (secondary N) is 1. The first-order valence-corrected chi connectivity index (χ1v) is 6.73. The van der Waals surface area contributed by atoms with Crippen LogP contribution < -0.4 is 5.43 Å². The molecule has 0 saturated heterocycles. The van der Waals surface area contributed by atoms with Gasteiger partial charge in [-0.25, -0.2) is 5.43 Å². The molecule has 0 saturated carbocycles. The van der Waals surface area contributed by atoms with E-state index in [-0.39, 0.29) is 5.91 Å². The lowest BCUT2D eigenvalue weighted by Crippen LogP contribution is -2.17. The van der Waals surface area contributed by atoms with Crippen LogP contribution in [-0.4, -0.2) is 12.1 Å². The van der Waals surface area contributed by atoms with Crippen LogP contribution in [0.4, 0.5) is 0 Å². The van der Waals surface area contributed by atoms with E-state index in [0.717, 1.165) is 0 Å². The molecule has 2 aromatic carbocycles. The number of amides is 1. The number of nitrogens with zero attached hydrogens (tertiary/aromatic N) is 1. The summed E-state index contributed by atoms with van der Waals surface area (Å²) in [6.07, 6.45) is 1.45. The summed E-state index contributed by atoms with van der Waals surface area (Å²) in [5, 5.41) is 5.41. The van der Waals surface area contributed by atoms with Gasteiger partial charge in [0.25, 0.3) is 5.91 Å². The van der Waals surface area contributed by atoms with Gasteiger partial charge >= 0.3 is 0 Å². The van der Waals surface area contributed by atoms with E-state index in [1.807, 2.05) is 0 Å². The van der Waals surface area contributed by atoms with E-state index in [2.05, 4.69) is 10.5 Å². The van der Waals surface area contributed by atoms with Gasteiger partial charge in [0.05, 0.1) is 11.2 Å². The Balaban J connectivity index is 2.02. The molecule has 2 rings (SSSR count). The normalized spacial score (nSPS) is 10.8. The number of hydrogen-bond acceptors (Lipinski definition) is 2. The van der Waals surface area contributed by atoms with Crippen molar-refractivity contribution in [2.45, 2.75) is 0 Å². The summed E-state index contributed by atoms with van der Waals surface area (Å²) < 4.78 is 0. The highest BCUT2D eigenvalue weighted by Gasteiger charge is 2.03. The molecule has 0 aliphatic rings. The Morgan fingerprint density at radius 2 is 1.65 bits per heavy atom. The number of halogens is 3. The Hall–Kier alpha value is -1.55. The van der Waals surface area contributed by atoms with Crippen molar-refractivity contribution >= 4 is 46.9 Å². The highest BCUT2D eigenvalue weighted by atomic mass is 35.5. The first-order valence-electron chi connectivity index (χ1n) is 5.60. The minimum absolute atomic E-state index is 0.331. The fraction of sp³-hybridized carbons (Fsp3) is 0. The van der Waals surface area contributed by atoms with Gasteiger partial charge in [0, 0.05) is 21.2 Å². The molecule has 0 heterocycles. The fourth-order valence-corrected chi connectivity index (χ4v) is 2.02. The van der Waals surface area contributed by atoms with E-state index >= 15 is 0 Å². The van der Waals surface area contributed by atoms with Crippen LogP contribution in [0.5, 0.6) is 0 Å². The maximum atomic E-state index is 11.8. The van der Waals surface area contributed by atoms with Crippen LogP contribution in [0.25, 0.3) is 0 Å². The van der Waals surface area contributed by atoms with Crippen LogP contribution in [0.3, 0.4) is 0 Å². The zero-order valence-electron chi connectivity index (χ0n) is 10.1. The molecule has 1 amide bonds. The number of carbonyl (C=O) groups excluding carboxylic acids is 1. The predicted molar refractivity (Wildman–Crippen MR) is 83.0 cm³/mol. The minimum Gasteiger partial charge on any atom is -0.267 e. The van der Waals surface area contributed by atoms with Crippen molar-refractivity contribution in [3.63, 3.8) is 0 Å². The zero-order valence-corrected chi connectivity index (χ0v) is 12.4. The summed E-state index contributed by atoms with van der Waals surface area (Å²) in [6.45, 7) is 0. The van der Waals surface area contributed by atoms with Crippen LogP contribution in [0, 0.1) is 0 Å². The lowest BCUT2D eigenvalue weighted by Gasteiger charge is -2.01. The number of carbonyl (C=O) groups is 1. The van der Waals surface area contributed by atoms with Crippen molar-refractivity contribution in [2.75, 3.05) is 0 Å². The molecule has 102 valence electrons. The Morgan fingerprint density at radius 3 is 2.30 bits per heavy atom. The van der Waals surface area contributed by atoms with Gasteiger partial charge in [0.15, 0.2) is 0 Å². The zero-order chi connectivity index (χ0) is 14.5. The molecule has 2 aromatic rings. The standard InChI is InChI=1S/C14H9Cl3N2O/c15-11-4-1-9(2-5-11)14(20)19-18-8-10-3-6-12(16)7-13(10)17/h1-8H,(H,19,20). The Labute approximate surface area is 131 Å². The van der Waals surface area contributed by atoms with Crippen molar-refractivity contribution in [2.24, 2.45) is 5.10 Å². The highest BCUT2D eigenvalue weighted by Crippen LogP contribution is 2.19. The molecule has 3 nitrogen and oxygen atoms in total. The molecule has 0 unspecified atom stereocenters. The SMILES string of the molecule is O=C(NN=Cc1ccc(Cl)cc1Cl)c1ccc(Cl)cc1. The molecule has 0 aromatic heterocycles. The van der Waals surface area contributed by atoms with E-state index in [0.29, 0.717) is 26.2 Å². The van der Waals surface area contributed by atoms with Crippen molar-refractivity contribution in [1.82, 2.24) is 5.43 Å². The maximum absolute atomic E-state index is 11.8. The molecule has 0 atom stereocenters. The third kappa shape index (κ3) is 3.97. The van der Waals surface area contributed by atoms with E-state index in [1.165, 1.54) is 6.21 Å². The predicted octanol–water partition coefficient (Wildman–Crippen LogP) is 4.41. The smallest absolute Gasteiger partial charge is 0.267 e. The van der Waals surface area contributed by atoms with Gasteiger partial charge in [0.2, 0.25) is 0 Å². The van der Waals surface area contributed by atoms with E-state index in [1.54, 1.807) is 42.5 Å². The summed E-state index contributed by atoms with van der Waals surface area (Å²) >= 11 is 17.5. The second-order valence-corrected chi connectivity index (χ2v) is 5.15. The topological polar surface area (TPSA) is 41.5 Å². The molecular formula is C14H9Cl3N2O. The first kappa shape index (κ1) is 14.9. The van der Waals surface area contributed by atoms with Crippen LogP contribution in [0.1, 0.15) is 15.9 Å². The average molecular weight is 328 g/mol. The van der Waals surface area contributed by atoms with Gasteiger partial charge in [-0.05, 0) is 36.4 Å². The van der Waals surface area contributed by atoms with Crippen molar-refractivity contribution in [3.05, 3.63) is 68.7 Å². The second-order valence-electron chi connectivity index (χ2n) is 3.87. The number of hydrazone groups is 1. The van der Waals surface area contributed by atoms with Crippen LogP contribution in [0.15, 0.2) is 47.6 Å². The summed E-state index contributed by atoms with van der Waals surface area (Å²) in [4.78, 5) is 11.8. The summed E-state index contributed by atoms with van der Waals surface area (Å²) in [5.74, 6) is -0.331. The fourth-order valence-electron chi connectivity index (χ4n) is 1.43. The Kier molecular flexibility index (Phi) is 5.01. The van der Waals surface area contributed by atoms with Gasteiger partial charge in [-0.15, -0.1) is 0 Å². The summed E-state index contributed by atoms with van der Waals surface area (Å²) in [7, 11) is 0. The quantitative estimate of drug-likeness (QED) is 0.658. The number of hydrogen-bond donors (Lipinski definition) is 1. The van der Waals surface area contributed by atoms with Gasteiger partial charge in [0.1, 0.15) is 0 Å². The van der Waals surface area contributed by atoms with Crippen LogP contribution in [-0.2, 0) is 0 Å². The summed E-state index contributed by atoms with van der Waals surface area (Å²) in [6, 6.07) is 11.5. The minimum atomic E-state index is -0.331. The molecule has 6 heteroatoms. The van der Waals surface area contributed by atoms with Crippen LogP contribution in [0.2, 0.25) is 15.1 Å². The average Bonchev–Trinajstić information content (AvgIpc) is 2.42. The van der Waals surface area contributed by atoms with Gasteiger partial charge < -0.3 is 0 Å². The molecule has 0 spiro atoms. The molecule has 0 radical (unpaired) electrons.